The number of aliphatic hydroxyl groups excluding tert-OH is 1. The first-order valence-electron chi connectivity index (χ1n) is 5.20. The summed E-state index contributed by atoms with van der Waals surface area (Å²) in [4.78, 5) is 13.6. The van der Waals surface area contributed by atoms with Gasteiger partial charge in [-0.2, -0.15) is 0 Å². The fourth-order valence-electron chi connectivity index (χ4n) is 1.84. The van der Waals surface area contributed by atoms with E-state index in [0.29, 0.717) is 5.92 Å². The average Bonchev–Trinajstić information content (AvgIpc) is 2.09. The summed E-state index contributed by atoms with van der Waals surface area (Å²) in [6.07, 6.45) is 0. The molecule has 1 aliphatic rings. The van der Waals surface area contributed by atoms with Crippen molar-refractivity contribution in [2.45, 2.75) is 32.9 Å². The maximum absolute atomic E-state index is 11.7. The van der Waals surface area contributed by atoms with Gasteiger partial charge in [0.05, 0.1) is 6.61 Å². The molecule has 0 aromatic rings. The van der Waals surface area contributed by atoms with Crippen molar-refractivity contribution < 1.29 is 9.90 Å². The minimum absolute atomic E-state index is 0.0271. The quantitative estimate of drug-likeness (QED) is 0.664. The second-order valence-electron chi connectivity index (χ2n) is 4.44. The van der Waals surface area contributed by atoms with Crippen LogP contribution in [0.1, 0.15) is 20.8 Å². The van der Waals surface area contributed by atoms with Crippen LogP contribution in [0.4, 0.5) is 0 Å². The molecule has 0 radical (unpaired) electrons. The standard InChI is InChI=1S/C10H20N2O2/c1-7(2)4-12-5-8(3)11-9(6-13)10(12)14/h7-9,11,13H,4-6H2,1-3H3. The van der Waals surface area contributed by atoms with Gasteiger partial charge in [-0.1, -0.05) is 13.8 Å². The van der Waals surface area contributed by atoms with Crippen molar-refractivity contribution in [2.24, 2.45) is 5.92 Å². The Balaban J connectivity index is 2.60. The number of hydrogen-bond donors (Lipinski definition) is 2. The lowest BCUT2D eigenvalue weighted by molar-refractivity contribution is -0.138. The zero-order valence-corrected chi connectivity index (χ0v) is 9.16. The predicted molar refractivity (Wildman–Crippen MR) is 54.9 cm³/mol. The first-order valence-corrected chi connectivity index (χ1v) is 5.20. The van der Waals surface area contributed by atoms with Crippen LogP contribution in [0.15, 0.2) is 0 Å². The SMILES string of the molecule is CC(C)CN1CC(C)NC(CO)C1=O. The Morgan fingerprint density at radius 1 is 1.64 bits per heavy atom. The molecule has 1 aliphatic heterocycles. The van der Waals surface area contributed by atoms with Crippen molar-refractivity contribution in [3.63, 3.8) is 0 Å². The molecule has 4 nitrogen and oxygen atoms in total. The molecule has 14 heavy (non-hydrogen) atoms. The first kappa shape index (κ1) is 11.5. The van der Waals surface area contributed by atoms with Crippen molar-refractivity contribution in [1.82, 2.24) is 10.2 Å². The van der Waals surface area contributed by atoms with Gasteiger partial charge in [0.25, 0.3) is 0 Å². The highest BCUT2D eigenvalue weighted by Crippen LogP contribution is 2.08. The Hall–Kier alpha value is -0.610. The second-order valence-corrected chi connectivity index (χ2v) is 4.44. The topological polar surface area (TPSA) is 52.6 Å². The lowest BCUT2D eigenvalue weighted by atomic mass is 10.1. The van der Waals surface area contributed by atoms with E-state index < -0.39 is 6.04 Å². The van der Waals surface area contributed by atoms with Crippen LogP contribution in [0, 0.1) is 5.92 Å². The second kappa shape index (κ2) is 4.75. The van der Waals surface area contributed by atoms with E-state index in [4.69, 9.17) is 5.11 Å². The molecule has 0 aliphatic carbocycles. The normalized spacial score (nSPS) is 28.6. The molecule has 0 bridgehead atoms. The molecule has 1 rings (SSSR count). The molecule has 0 saturated carbocycles. The van der Waals surface area contributed by atoms with E-state index in [2.05, 4.69) is 19.2 Å². The Morgan fingerprint density at radius 3 is 2.79 bits per heavy atom. The van der Waals surface area contributed by atoms with E-state index in [9.17, 15) is 4.79 Å². The number of aliphatic hydroxyl groups is 1. The van der Waals surface area contributed by atoms with Crippen LogP contribution in [0.5, 0.6) is 0 Å². The van der Waals surface area contributed by atoms with Gasteiger partial charge < -0.3 is 10.0 Å². The smallest absolute Gasteiger partial charge is 0.242 e. The molecule has 1 heterocycles. The summed E-state index contributed by atoms with van der Waals surface area (Å²) in [5.41, 5.74) is 0. The molecule has 1 fully saturated rings. The molecule has 0 spiro atoms. The third kappa shape index (κ3) is 2.69. The van der Waals surface area contributed by atoms with Gasteiger partial charge in [0, 0.05) is 19.1 Å². The minimum Gasteiger partial charge on any atom is -0.394 e. The number of amides is 1. The number of nitrogens with zero attached hydrogens (tertiary/aromatic N) is 1. The van der Waals surface area contributed by atoms with Crippen LogP contribution >= 0.6 is 0 Å². The fourth-order valence-corrected chi connectivity index (χ4v) is 1.84. The summed E-state index contributed by atoms with van der Waals surface area (Å²) in [5.74, 6) is 0.503. The molecule has 1 amide bonds. The molecular weight excluding hydrogens is 180 g/mol. The molecule has 2 N–H and O–H groups in total. The van der Waals surface area contributed by atoms with Crippen LogP contribution in [0.25, 0.3) is 0 Å². The zero-order valence-electron chi connectivity index (χ0n) is 9.16. The van der Waals surface area contributed by atoms with Gasteiger partial charge in [0.1, 0.15) is 6.04 Å². The fraction of sp³-hybridized carbons (Fsp3) is 0.900. The third-order valence-electron chi connectivity index (χ3n) is 2.36. The van der Waals surface area contributed by atoms with Gasteiger partial charge in [-0.15, -0.1) is 0 Å². The van der Waals surface area contributed by atoms with Gasteiger partial charge in [0.15, 0.2) is 0 Å². The summed E-state index contributed by atoms with van der Waals surface area (Å²) in [6, 6.07) is -0.138. The summed E-state index contributed by atoms with van der Waals surface area (Å²) in [5, 5.41) is 12.1. The van der Waals surface area contributed by atoms with Crippen molar-refractivity contribution in [2.75, 3.05) is 19.7 Å². The molecular formula is C10H20N2O2. The molecule has 1 saturated heterocycles. The lowest BCUT2D eigenvalue weighted by Gasteiger charge is -2.37. The summed E-state index contributed by atoms with van der Waals surface area (Å²) >= 11 is 0. The van der Waals surface area contributed by atoms with Gasteiger partial charge in [-0.05, 0) is 12.8 Å². The van der Waals surface area contributed by atoms with E-state index in [0.717, 1.165) is 13.1 Å². The maximum atomic E-state index is 11.7. The molecule has 0 aromatic heterocycles. The van der Waals surface area contributed by atoms with Crippen LogP contribution < -0.4 is 5.32 Å². The van der Waals surface area contributed by atoms with Gasteiger partial charge in [-0.3, -0.25) is 10.1 Å². The Kier molecular flexibility index (Phi) is 3.89. The lowest BCUT2D eigenvalue weighted by Crippen LogP contribution is -2.60. The molecule has 0 aromatic carbocycles. The number of carbonyl (C=O) groups excluding carboxylic acids is 1. The maximum Gasteiger partial charge on any atom is 0.242 e. The van der Waals surface area contributed by atoms with Crippen molar-refractivity contribution in [3.8, 4) is 0 Å². The Labute approximate surface area is 85.3 Å². The highest BCUT2D eigenvalue weighted by molar-refractivity contribution is 5.83. The number of rotatable bonds is 3. The van der Waals surface area contributed by atoms with Crippen LogP contribution in [-0.4, -0.2) is 47.7 Å². The number of hydrogen-bond acceptors (Lipinski definition) is 3. The van der Waals surface area contributed by atoms with Crippen LogP contribution in [0.3, 0.4) is 0 Å². The average molecular weight is 200 g/mol. The van der Waals surface area contributed by atoms with Crippen molar-refractivity contribution in [1.29, 1.82) is 0 Å². The van der Waals surface area contributed by atoms with E-state index in [1.165, 1.54) is 0 Å². The Bertz CT molecular complexity index is 204. The van der Waals surface area contributed by atoms with E-state index >= 15 is 0 Å². The third-order valence-corrected chi connectivity index (χ3v) is 2.36. The summed E-state index contributed by atoms with van der Waals surface area (Å²) in [6.45, 7) is 7.62. The van der Waals surface area contributed by atoms with Gasteiger partial charge in [-0.25, -0.2) is 0 Å². The predicted octanol–water partition coefficient (Wildman–Crippen LogP) is -0.176. The van der Waals surface area contributed by atoms with Crippen LogP contribution in [0.2, 0.25) is 0 Å². The molecule has 4 heteroatoms. The zero-order chi connectivity index (χ0) is 10.7. The highest BCUT2D eigenvalue weighted by Gasteiger charge is 2.31. The molecule has 2 unspecified atom stereocenters. The van der Waals surface area contributed by atoms with E-state index in [1.54, 1.807) is 0 Å². The minimum atomic E-state index is -0.405. The number of piperazine rings is 1. The largest absolute Gasteiger partial charge is 0.394 e. The first-order chi connectivity index (χ1) is 6.54. The molecule has 2 atom stereocenters. The monoisotopic (exact) mass is 200 g/mol. The number of nitrogens with one attached hydrogen (secondary N) is 1. The number of carbonyl (C=O) groups is 1. The van der Waals surface area contributed by atoms with Crippen LogP contribution in [-0.2, 0) is 4.79 Å². The van der Waals surface area contributed by atoms with E-state index in [1.807, 2.05) is 11.8 Å². The van der Waals surface area contributed by atoms with Gasteiger partial charge in [0.2, 0.25) is 5.91 Å². The highest BCUT2D eigenvalue weighted by atomic mass is 16.3. The summed E-state index contributed by atoms with van der Waals surface area (Å²) in [7, 11) is 0. The Morgan fingerprint density at radius 2 is 2.29 bits per heavy atom. The van der Waals surface area contributed by atoms with Crippen molar-refractivity contribution in [3.05, 3.63) is 0 Å². The molecule has 82 valence electrons. The summed E-state index contributed by atoms with van der Waals surface area (Å²) < 4.78 is 0. The van der Waals surface area contributed by atoms with E-state index in [-0.39, 0.29) is 18.6 Å². The van der Waals surface area contributed by atoms with Gasteiger partial charge >= 0.3 is 0 Å². The van der Waals surface area contributed by atoms with Crippen molar-refractivity contribution >= 4 is 5.91 Å².